The Balaban J connectivity index is 0.00000308. The maximum atomic E-state index is 13.3. The Kier molecular flexibility index (Phi) is 7.32. The second-order valence-corrected chi connectivity index (χ2v) is 9.69. The van der Waals surface area contributed by atoms with Crippen LogP contribution < -0.4 is 16.2 Å². The van der Waals surface area contributed by atoms with Crippen molar-refractivity contribution in [2.75, 3.05) is 0 Å². The molecule has 2 aromatic heterocycles. The van der Waals surface area contributed by atoms with Crippen molar-refractivity contribution in [2.24, 2.45) is 0 Å². The minimum atomic E-state index is -0.396. The zero-order valence-electron chi connectivity index (χ0n) is 20.6. The third kappa shape index (κ3) is 5.08. The van der Waals surface area contributed by atoms with Gasteiger partial charge in [-0.25, -0.2) is 0 Å². The van der Waals surface area contributed by atoms with Crippen LogP contribution >= 0.6 is 25.1 Å². The van der Waals surface area contributed by atoms with E-state index < -0.39 is 6.04 Å². The van der Waals surface area contributed by atoms with Crippen molar-refractivity contribution < 1.29 is 9.59 Å². The molecule has 2 atom stereocenters. The molecule has 0 saturated carbocycles. The van der Waals surface area contributed by atoms with E-state index in [1.807, 2.05) is 30.3 Å². The molecule has 3 aromatic carbocycles. The lowest BCUT2D eigenvalue weighted by Gasteiger charge is -2.23. The Morgan fingerprint density at radius 2 is 1.59 bits per heavy atom. The molecule has 1 aliphatic carbocycles. The van der Waals surface area contributed by atoms with E-state index in [0.29, 0.717) is 28.3 Å². The summed E-state index contributed by atoms with van der Waals surface area (Å²) in [6, 6.07) is 24.3. The van der Waals surface area contributed by atoms with Crippen LogP contribution in [0.1, 0.15) is 37.9 Å². The van der Waals surface area contributed by atoms with E-state index in [-0.39, 0.29) is 36.9 Å². The summed E-state index contributed by atoms with van der Waals surface area (Å²) in [4.78, 5) is 41.7. The molecule has 0 fully saturated rings. The van der Waals surface area contributed by atoms with Gasteiger partial charge in [0.05, 0.1) is 17.1 Å². The van der Waals surface area contributed by atoms with E-state index in [1.165, 1.54) is 10.6 Å². The van der Waals surface area contributed by atoms with Gasteiger partial charge in [0.2, 0.25) is 0 Å². The predicted molar refractivity (Wildman–Crippen MR) is 157 cm³/mol. The number of carbonyl (C=O) groups is 2. The number of aromatic nitrogens is 2. The fraction of sp³-hybridized carbons (Fsp3) is 0.100. The highest BCUT2D eigenvalue weighted by atomic mass is 35.5. The summed E-state index contributed by atoms with van der Waals surface area (Å²) in [6.07, 6.45) is 3.97. The van der Waals surface area contributed by atoms with Crippen LogP contribution in [0.15, 0.2) is 102 Å². The molecule has 196 valence electrons. The van der Waals surface area contributed by atoms with Crippen molar-refractivity contribution in [3.05, 3.63) is 135 Å². The highest BCUT2D eigenvalue weighted by molar-refractivity contribution is 7.59. The summed E-state index contributed by atoms with van der Waals surface area (Å²) in [5.74, 6) is -0.493. The van der Waals surface area contributed by atoms with Crippen LogP contribution in [0.25, 0.3) is 16.6 Å². The zero-order valence-corrected chi connectivity index (χ0v) is 22.4. The molecule has 7 nitrogen and oxygen atoms in total. The molecule has 39 heavy (non-hydrogen) atoms. The quantitative estimate of drug-likeness (QED) is 0.287. The Morgan fingerprint density at radius 3 is 2.38 bits per heavy atom. The van der Waals surface area contributed by atoms with Gasteiger partial charge in [-0.1, -0.05) is 48.0 Å². The average molecular weight is 557 g/mol. The fourth-order valence-corrected chi connectivity index (χ4v) is 5.25. The minimum absolute atomic E-state index is 0. The first-order valence-electron chi connectivity index (χ1n) is 12.2. The number of amides is 2. The number of carbonyl (C=O) groups excluding carboxylic acids is 2. The van der Waals surface area contributed by atoms with Crippen molar-refractivity contribution in [2.45, 2.75) is 18.5 Å². The molecule has 2 heterocycles. The molecule has 9 heteroatoms. The van der Waals surface area contributed by atoms with Crippen molar-refractivity contribution in [1.29, 1.82) is 0 Å². The standard InChI is InChI=1S/C30H23ClN4O3.H2S/c31-24-17-32-25-16-20(10-13-23(24)25)30(38)34-28-22-6-2-1-5-19(22)15-26(28)33-29(37)18-8-11-21(12-9-18)35-14-4-3-7-27(35)36;/h1-14,16-17,26,28,32H,15H2,(H,33,37)(H,34,38);1H2/t26-,28+;/m1./s1. The number of pyridine rings is 1. The van der Waals surface area contributed by atoms with Crippen LogP contribution in [0, 0.1) is 0 Å². The number of fused-ring (bicyclic) bond motifs is 2. The first-order chi connectivity index (χ1) is 18.5. The van der Waals surface area contributed by atoms with Gasteiger partial charge in [-0.2, -0.15) is 13.5 Å². The number of rotatable bonds is 5. The Labute approximate surface area is 236 Å². The summed E-state index contributed by atoms with van der Waals surface area (Å²) in [6.45, 7) is 0. The molecule has 0 saturated heterocycles. The van der Waals surface area contributed by atoms with Gasteiger partial charge in [-0.15, -0.1) is 0 Å². The van der Waals surface area contributed by atoms with Crippen LogP contribution in [0.3, 0.4) is 0 Å². The van der Waals surface area contributed by atoms with Crippen molar-refractivity contribution in [3.63, 3.8) is 0 Å². The van der Waals surface area contributed by atoms with Gasteiger partial charge in [-0.05, 0) is 60.0 Å². The topological polar surface area (TPSA) is 96.0 Å². The molecule has 2 amide bonds. The van der Waals surface area contributed by atoms with Gasteiger partial charge in [0, 0.05) is 46.2 Å². The van der Waals surface area contributed by atoms with Crippen LogP contribution in [-0.2, 0) is 6.42 Å². The number of nitrogens with one attached hydrogen (secondary N) is 3. The molecule has 5 aromatic rings. The molecule has 0 unspecified atom stereocenters. The number of aromatic amines is 1. The summed E-state index contributed by atoms with van der Waals surface area (Å²) >= 11 is 6.18. The number of benzene rings is 3. The number of hydrogen-bond acceptors (Lipinski definition) is 3. The lowest BCUT2D eigenvalue weighted by molar-refractivity contribution is 0.0888. The highest BCUT2D eigenvalue weighted by Crippen LogP contribution is 2.32. The second kappa shape index (κ2) is 10.8. The number of hydrogen-bond donors (Lipinski definition) is 3. The second-order valence-electron chi connectivity index (χ2n) is 9.29. The van der Waals surface area contributed by atoms with Gasteiger partial charge in [0.15, 0.2) is 0 Å². The molecule has 1 aliphatic rings. The first-order valence-corrected chi connectivity index (χ1v) is 12.6. The molecule has 0 radical (unpaired) electrons. The third-order valence-electron chi connectivity index (χ3n) is 6.96. The summed E-state index contributed by atoms with van der Waals surface area (Å²) < 4.78 is 1.51. The molecular formula is C30H25ClN4O3S. The van der Waals surface area contributed by atoms with E-state index in [2.05, 4.69) is 15.6 Å². The molecule has 0 bridgehead atoms. The van der Waals surface area contributed by atoms with Crippen molar-refractivity contribution in [1.82, 2.24) is 20.2 Å². The largest absolute Gasteiger partial charge is 0.360 e. The number of H-pyrrole nitrogens is 1. The van der Waals surface area contributed by atoms with Crippen LogP contribution in [0.4, 0.5) is 0 Å². The maximum absolute atomic E-state index is 13.3. The summed E-state index contributed by atoms with van der Waals surface area (Å²) in [7, 11) is 0. The smallest absolute Gasteiger partial charge is 0.255 e. The molecule has 6 rings (SSSR count). The molecule has 3 N–H and O–H groups in total. The van der Waals surface area contributed by atoms with Crippen LogP contribution in [0.2, 0.25) is 5.02 Å². The van der Waals surface area contributed by atoms with Gasteiger partial charge < -0.3 is 15.6 Å². The van der Waals surface area contributed by atoms with Gasteiger partial charge in [0.1, 0.15) is 0 Å². The van der Waals surface area contributed by atoms with E-state index >= 15 is 0 Å². The van der Waals surface area contributed by atoms with Gasteiger partial charge in [-0.3, -0.25) is 19.0 Å². The normalized spacial score (nSPS) is 15.8. The van der Waals surface area contributed by atoms with Gasteiger partial charge >= 0.3 is 0 Å². The number of halogens is 1. The van der Waals surface area contributed by atoms with E-state index in [0.717, 1.165) is 22.0 Å². The Hall–Kier alpha value is -4.27. The predicted octanol–water partition coefficient (Wildman–Crippen LogP) is 4.91. The molecule has 0 spiro atoms. The summed E-state index contributed by atoms with van der Waals surface area (Å²) in [5, 5.41) is 7.68. The van der Waals surface area contributed by atoms with E-state index in [9.17, 15) is 14.4 Å². The van der Waals surface area contributed by atoms with E-state index in [1.54, 1.807) is 60.9 Å². The monoisotopic (exact) mass is 556 g/mol. The SMILES string of the molecule is O=C(N[C@@H]1Cc2ccccc2[C@@H]1NC(=O)c1ccc2c(Cl)c[nH]c2c1)c1ccc(-n2ccccc2=O)cc1.S. The average Bonchev–Trinajstić information content (AvgIpc) is 3.48. The van der Waals surface area contributed by atoms with Crippen molar-refractivity contribution >= 4 is 47.8 Å². The highest BCUT2D eigenvalue weighted by Gasteiger charge is 2.34. The number of nitrogens with zero attached hydrogens (tertiary/aromatic N) is 1. The molecular weight excluding hydrogens is 532 g/mol. The van der Waals surface area contributed by atoms with Crippen LogP contribution in [0.5, 0.6) is 0 Å². The lowest BCUT2D eigenvalue weighted by atomic mass is 10.0. The minimum Gasteiger partial charge on any atom is -0.360 e. The first kappa shape index (κ1) is 26.3. The van der Waals surface area contributed by atoms with Crippen LogP contribution in [-0.4, -0.2) is 27.4 Å². The Morgan fingerprint density at radius 1 is 0.872 bits per heavy atom. The fourth-order valence-electron chi connectivity index (χ4n) is 5.03. The van der Waals surface area contributed by atoms with Crippen molar-refractivity contribution in [3.8, 4) is 5.69 Å². The maximum Gasteiger partial charge on any atom is 0.255 e. The third-order valence-corrected chi connectivity index (χ3v) is 7.27. The molecule has 0 aliphatic heterocycles. The van der Waals surface area contributed by atoms with E-state index in [4.69, 9.17) is 11.6 Å². The summed E-state index contributed by atoms with van der Waals surface area (Å²) in [5.41, 5.74) is 4.32. The van der Waals surface area contributed by atoms with Gasteiger partial charge in [0.25, 0.3) is 17.4 Å². The Bertz CT molecular complexity index is 1750. The zero-order chi connectivity index (χ0) is 26.2. The lowest BCUT2D eigenvalue weighted by Crippen LogP contribution is -2.44.